The van der Waals surface area contributed by atoms with E-state index in [1.54, 1.807) is 24.6 Å². The van der Waals surface area contributed by atoms with Gasteiger partial charge < -0.3 is 9.84 Å². The summed E-state index contributed by atoms with van der Waals surface area (Å²) in [5, 5.41) is 7.14. The van der Waals surface area contributed by atoms with Crippen LogP contribution in [0.5, 0.6) is 0 Å². The van der Waals surface area contributed by atoms with E-state index < -0.39 is 0 Å². The standard InChI is InChI=1S/C21H24FN5O2S/c1-12-4-5-15(10-17(12)22)19-25-21(29-26-19)14(3)27-8-6-16(7-9-27)24-20(28)18-13(2)23-11-30-18/h4-5,10-11,14,16H,6-9H2,1-3H3,(H,24,28). The van der Waals surface area contributed by atoms with Crippen LogP contribution in [0.1, 0.15) is 52.6 Å². The summed E-state index contributed by atoms with van der Waals surface area (Å²) >= 11 is 1.37. The van der Waals surface area contributed by atoms with E-state index in [4.69, 9.17) is 4.52 Å². The highest BCUT2D eigenvalue weighted by molar-refractivity contribution is 7.11. The van der Waals surface area contributed by atoms with Gasteiger partial charge in [-0.05, 0) is 45.2 Å². The minimum absolute atomic E-state index is 0.0478. The molecule has 1 saturated heterocycles. The van der Waals surface area contributed by atoms with Crippen molar-refractivity contribution in [2.45, 2.75) is 45.7 Å². The van der Waals surface area contributed by atoms with Gasteiger partial charge in [0, 0.05) is 24.7 Å². The molecule has 4 rings (SSSR count). The summed E-state index contributed by atoms with van der Waals surface area (Å²) in [6, 6.07) is 5.00. The fraction of sp³-hybridized carbons (Fsp3) is 0.429. The van der Waals surface area contributed by atoms with Crippen LogP contribution in [0.2, 0.25) is 0 Å². The number of piperidine rings is 1. The predicted octanol–water partition coefficient (Wildman–Crippen LogP) is 3.90. The highest BCUT2D eigenvalue weighted by Crippen LogP contribution is 2.26. The summed E-state index contributed by atoms with van der Waals surface area (Å²) in [5.74, 6) is 0.560. The number of likely N-dealkylation sites (tertiary alicyclic amines) is 1. The van der Waals surface area contributed by atoms with E-state index in [2.05, 4.69) is 25.3 Å². The van der Waals surface area contributed by atoms with Crippen LogP contribution in [-0.4, -0.2) is 45.1 Å². The fourth-order valence-corrected chi connectivity index (χ4v) is 4.32. The number of rotatable bonds is 5. The van der Waals surface area contributed by atoms with Gasteiger partial charge in [-0.1, -0.05) is 17.3 Å². The lowest BCUT2D eigenvalue weighted by Crippen LogP contribution is -2.45. The Kier molecular flexibility index (Phi) is 5.92. The first-order valence-electron chi connectivity index (χ1n) is 9.97. The van der Waals surface area contributed by atoms with Gasteiger partial charge in [0.2, 0.25) is 11.7 Å². The summed E-state index contributed by atoms with van der Waals surface area (Å²) in [6.45, 7) is 7.20. The Hall–Kier alpha value is -2.65. The van der Waals surface area contributed by atoms with Gasteiger partial charge in [0.05, 0.1) is 17.2 Å². The number of aryl methyl sites for hydroxylation is 2. The number of benzene rings is 1. The van der Waals surface area contributed by atoms with Crippen molar-refractivity contribution in [1.82, 2.24) is 25.3 Å². The SMILES string of the molecule is Cc1ccc(-c2noc(C(C)N3CCC(NC(=O)c4scnc4C)CC3)n2)cc1F. The van der Waals surface area contributed by atoms with Crippen LogP contribution in [0.3, 0.4) is 0 Å². The van der Waals surface area contributed by atoms with Crippen molar-refractivity contribution >= 4 is 17.2 Å². The highest BCUT2D eigenvalue weighted by Gasteiger charge is 2.28. The number of nitrogens with zero attached hydrogens (tertiary/aromatic N) is 4. The van der Waals surface area contributed by atoms with Crippen molar-refractivity contribution in [1.29, 1.82) is 0 Å². The number of hydrogen-bond acceptors (Lipinski definition) is 7. The van der Waals surface area contributed by atoms with Crippen LogP contribution in [0.15, 0.2) is 28.2 Å². The second-order valence-corrected chi connectivity index (χ2v) is 8.50. The molecule has 1 atom stereocenters. The van der Waals surface area contributed by atoms with Crippen LogP contribution in [0.25, 0.3) is 11.4 Å². The molecule has 3 aromatic rings. The lowest BCUT2D eigenvalue weighted by atomic mass is 10.0. The summed E-state index contributed by atoms with van der Waals surface area (Å²) in [4.78, 5) is 23.9. The molecular weight excluding hydrogens is 405 g/mol. The lowest BCUT2D eigenvalue weighted by molar-refractivity contribution is 0.0884. The first-order chi connectivity index (χ1) is 14.4. The molecule has 30 heavy (non-hydrogen) atoms. The van der Waals surface area contributed by atoms with Gasteiger partial charge in [-0.15, -0.1) is 11.3 Å². The molecule has 1 aliphatic heterocycles. The Balaban J connectivity index is 1.35. The van der Waals surface area contributed by atoms with E-state index in [1.165, 1.54) is 17.4 Å². The number of aromatic nitrogens is 3. The average molecular weight is 430 g/mol. The van der Waals surface area contributed by atoms with Crippen molar-refractivity contribution in [3.63, 3.8) is 0 Å². The minimum Gasteiger partial charge on any atom is -0.348 e. The lowest BCUT2D eigenvalue weighted by Gasteiger charge is -2.34. The van der Waals surface area contributed by atoms with Crippen molar-refractivity contribution in [2.24, 2.45) is 0 Å². The van der Waals surface area contributed by atoms with Gasteiger partial charge in [0.25, 0.3) is 5.91 Å². The van der Waals surface area contributed by atoms with Gasteiger partial charge in [-0.2, -0.15) is 4.98 Å². The van der Waals surface area contributed by atoms with Gasteiger partial charge in [-0.25, -0.2) is 9.37 Å². The quantitative estimate of drug-likeness (QED) is 0.662. The molecule has 3 heterocycles. The van der Waals surface area contributed by atoms with Gasteiger partial charge in [0.15, 0.2) is 0 Å². The third-order valence-electron chi connectivity index (χ3n) is 5.59. The molecule has 1 fully saturated rings. The van der Waals surface area contributed by atoms with E-state index in [-0.39, 0.29) is 23.8 Å². The van der Waals surface area contributed by atoms with Crippen LogP contribution in [-0.2, 0) is 0 Å². The monoisotopic (exact) mass is 429 g/mol. The first kappa shape index (κ1) is 20.6. The maximum Gasteiger partial charge on any atom is 0.263 e. The maximum absolute atomic E-state index is 13.8. The molecule has 1 unspecified atom stereocenters. The molecule has 0 saturated carbocycles. The highest BCUT2D eigenvalue weighted by atomic mass is 32.1. The number of halogens is 1. The van der Waals surface area contributed by atoms with E-state index in [0.29, 0.717) is 27.7 Å². The van der Waals surface area contributed by atoms with Crippen molar-refractivity contribution in [3.05, 3.63) is 51.6 Å². The summed E-state index contributed by atoms with van der Waals surface area (Å²) in [5.41, 5.74) is 3.64. The number of carbonyl (C=O) groups is 1. The Labute approximate surface area is 178 Å². The average Bonchev–Trinajstić information content (AvgIpc) is 3.39. The molecule has 1 N–H and O–H groups in total. The summed E-state index contributed by atoms with van der Waals surface area (Å²) in [7, 11) is 0. The first-order valence-corrected chi connectivity index (χ1v) is 10.9. The molecule has 158 valence electrons. The Morgan fingerprint density at radius 2 is 2.10 bits per heavy atom. The molecule has 0 spiro atoms. The molecular formula is C21H24FN5O2S. The van der Waals surface area contributed by atoms with Crippen LogP contribution >= 0.6 is 11.3 Å². The minimum atomic E-state index is -0.287. The van der Waals surface area contributed by atoms with Crippen molar-refractivity contribution < 1.29 is 13.7 Å². The van der Waals surface area contributed by atoms with Crippen LogP contribution in [0, 0.1) is 19.7 Å². The molecule has 2 aromatic heterocycles. The summed E-state index contributed by atoms with van der Waals surface area (Å²) < 4.78 is 19.3. The smallest absolute Gasteiger partial charge is 0.263 e. The molecule has 1 amide bonds. The van der Waals surface area contributed by atoms with Gasteiger partial charge >= 0.3 is 0 Å². The molecule has 0 bridgehead atoms. The fourth-order valence-electron chi connectivity index (χ4n) is 3.61. The van der Waals surface area contributed by atoms with Crippen LogP contribution < -0.4 is 5.32 Å². The van der Waals surface area contributed by atoms with Crippen molar-refractivity contribution in [3.8, 4) is 11.4 Å². The Morgan fingerprint density at radius 3 is 2.77 bits per heavy atom. The molecule has 0 radical (unpaired) electrons. The van der Waals surface area contributed by atoms with E-state index in [0.717, 1.165) is 31.6 Å². The number of thiazole rings is 1. The van der Waals surface area contributed by atoms with Crippen molar-refractivity contribution in [2.75, 3.05) is 13.1 Å². The number of nitrogens with one attached hydrogen (secondary N) is 1. The molecule has 1 aliphatic rings. The Morgan fingerprint density at radius 1 is 1.33 bits per heavy atom. The number of hydrogen-bond donors (Lipinski definition) is 1. The van der Waals surface area contributed by atoms with Gasteiger partial charge in [-0.3, -0.25) is 9.69 Å². The third kappa shape index (κ3) is 4.27. The summed E-state index contributed by atoms with van der Waals surface area (Å²) in [6.07, 6.45) is 1.69. The number of amides is 1. The second-order valence-electron chi connectivity index (χ2n) is 7.65. The largest absolute Gasteiger partial charge is 0.348 e. The second kappa shape index (κ2) is 8.61. The van der Waals surface area contributed by atoms with E-state index in [9.17, 15) is 9.18 Å². The molecule has 7 nitrogen and oxygen atoms in total. The Bertz CT molecular complexity index is 1040. The topological polar surface area (TPSA) is 84.2 Å². The van der Waals surface area contributed by atoms with Gasteiger partial charge in [0.1, 0.15) is 10.7 Å². The zero-order valence-electron chi connectivity index (χ0n) is 17.2. The third-order valence-corrected chi connectivity index (χ3v) is 6.52. The molecule has 1 aromatic carbocycles. The van der Waals surface area contributed by atoms with Crippen LogP contribution in [0.4, 0.5) is 4.39 Å². The number of carbonyl (C=O) groups excluding carboxylic acids is 1. The van der Waals surface area contributed by atoms with E-state index >= 15 is 0 Å². The molecule has 9 heteroatoms. The maximum atomic E-state index is 13.8. The normalized spacial score (nSPS) is 16.5. The van der Waals surface area contributed by atoms with E-state index in [1.807, 2.05) is 13.8 Å². The molecule has 0 aliphatic carbocycles. The predicted molar refractivity (Wildman–Crippen MR) is 112 cm³/mol. The zero-order valence-corrected chi connectivity index (χ0v) is 18.0. The zero-order chi connectivity index (χ0) is 21.3.